The number of hydrogen-bond donors (Lipinski definition) is 2. The van der Waals surface area contributed by atoms with Crippen LogP contribution in [0, 0.1) is 0 Å². The van der Waals surface area contributed by atoms with E-state index in [0.29, 0.717) is 0 Å². The summed E-state index contributed by atoms with van der Waals surface area (Å²) in [5.74, 6) is 1.05. The second-order valence-electron chi connectivity index (χ2n) is 3.35. The van der Waals surface area contributed by atoms with Gasteiger partial charge in [0.2, 0.25) is 0 Å². The first-order chi connectivity index (χ1) is 6.20. The highest BCUT2D eigenvalue weighted by Crippen LogP contribution is 2.37. The monoisotopic (exact) mass is 179 g/mol. The Labute approximate surface area is 77.3 Å². The third kappa shape index (κ3) is 1.30. The quantitative estimate of drug-likeness (QED) is 0.690. The van der Waals surface area contributed by atoms with Gasteiger partial charge < -0.3 is 15.2 Å². The molecule has 1 aromatic carbocycles. The molecule has 1 aliphatic heterocycles. The average Bonchev–Trinajstić information content (AvgIpc) is 2.43. The van der Waals surface area contributed by atoms with E-state index in [1.807, 2.05) is 14.0 Å². The van der Waals surface area contributed by atoms with Crippen molar-refractivity contribution in [2.24, 2.45) is 0 Å². The van der Waals surface area contributed by atoms with Gasteiger partial charge in [-0.15, -0.1) is 0 Å². The number of phenols is 1. The molecule has 3 heteroatoms. The molecule has 1 aliphatic rings. The molecule has 3 nitrogen and oxygen atoms in total. The van der Waals surface area contributed by atoms with Crippen molar-refractivity contribution in [1.29, 1.82) is 0 Å². The van der Waals surface area contributed by atoms with E-state index in [2.05, 4.69) is 5.32 Å². The summed E-state index contributed by atoms with van der Waals surface area (Å²) in [5.41, 5.74) is 2.12. The molecular formula is C10H13NO2. The van der Waals surface area contributed by atoms with Gasteiger partial charge in [-0.05, 0) is 6.92 Å². The normalized spacial score (nSPS) is 19.4. The fraction of sp³-hybridized carbons (Fsp3) is 0.400. The van der Waals surface area contributed by atoms with Crippen LogP contribution >= 0.6 is 0 Å². The zero-order chi connectivity index (χ0) is 9.42. The maximum Gasteiger partial charge on any atom is 0.128 e. The second-order valence-corrected chi connectivity index (χ2v) is 3.35. The molecule has 1 heterocycles. The van der Waals surface area contributed by atoms with Gasteiger partial charge in [-0.2, -0.15) is 0 Å². The number of nitrogens with one attached hydrogen (secondary N) is 1. The highest BCUT2D eigenvalue weighted by atomic mass is 16.5. The average molecular weight is 179 g/mol. The zero-order valence-electron chi connectivity index (χ0n) is 7.79. The minimum atomic E-state index is 0.212. The minimum Gasteiger partial charge on any atom is -0.508 e. The second kappa shape index (κ2) is 2.83. The first kappa shape index (κ1) is 8.23. The van der Waals surface area contributed by atoms with Crippen molar-refractivity contribution < 1.29 is 9.84 Å². The molecule has 0 aromatic heterocycles. The molecule has 1 aromatic rings. The number of fused-ring (bicyclic) bond motifs is 1. The molecule has 1 unspecified atom stereocenters. The van der Waals surface area contributed by atoms with Gasteiger partial charge in [0.25, 0.3) is 0 Å². The number of rotatable bonds is 1. The fourth-order valence-electron chi connectivity index (χ4n) is 1.72. The molecule has 70 valence electrons. The Morgan fingerprint density at radius 1 is 1.54 bits per heavy atom. The van der Waals surface area contributed by atoms with Gasteiger partial charge in [-0.3, -0.25) is 0 Å². The maximum atomic E-state index is 9.37. The maximum absolute atomic E-state index is 9.37. The molecule has 0 bridgehead atoms. The molecule has 0 fully saturated rings. The number of anilines is 1. The lowest BCUT2D eigenvalue weighted by molar-refractivity contribution is 0.254. The van der Waals surface area contributed by atoms with Crippen LogP contribution in [0.2, 0.25) is 0 Å². The SMILES string of the molecule is CNc1cc(O)cc2c1CC(C)O2. The van der Waals surface area contributed by atoms with Crippen molar-refractivity contribution in [3.63, 3.8) is 0 Å². The Kier molecular flexibility index (Phi) is 1.79. The highest BCUT2D eigenvalue weighted by molar-refractivity contribution is 5.62. The van der Waals surface area contributed by atoms with Gasteiger partial charge in [0.15, 0.2) is 0 Å². The molecule has 0 spiro atoms. The molecule has 0 saturated carbocycles. The minimum absolute atomic E-state index is 0.212. The van der Waals surface area contributed by atoms with Crippen molar-refractivity contribution in [2.75, 3.05) is 12.4 Å². The van der Waals surface area contributed by atoms with Crippen LogP contribution in [0.15, 0.2) is 12.1 Å². The van der Waals surface area contributed by atoms with E-state index in [4.69, 9.17) is 4.74 Å². The summed E-state index contributed by atoms with van der Waals surface area (Å²) in [4.78, 5) is 0. The molecule has 2 rings (SSSR count). The van der Waals surface area contributed by atoms with Crippen molar-refractivity contribution in [3.05, 3.63) is 17.7 Å². The molecule has 13 heavy (non-hydrogen) atoms. The Hall–Kier alpha value is -1.38. The lowest BCUT2D eigenvalue weighted by Gasteiger charge is -2.06. The summed E-state index contributed by atoms with van der Waals surface area (Å²) in [6.45, 7) is 2.02. The summed E-state index contributed by atoms with van der Waals surface area (Å²) < 4.78 is 5.53. The summed E-state index contributed by atoms with van der Waals surface area (Å²) in [6.07, 6.45) is 1.12. The number of aromatic hydroxyl groups is 1. The van der Waals surface area contributed by atoms with Gasteiger partial charge in [0.05, 0.1) is 0 Å². The van der Waals surface area contributed by atoms with E-state index in [1.54, 1.807) is 12.1 Å². The lowest BCUT2D eigenvalue weighted by Crippen LogP contribution is -2.05. The van der Waals surface area contributed by atoms with E-state index >= 15 is 0 Å². The Balaban J connectivity index is 2.50. The van der Waals surface area contributed by atoms with E-state index in [0.717, 1.165) is 23.4 Å². The highest BCUT2D eigenvalue weighted by Gasteiger charge is 2.22. The standard InChI is InChI=1S/C10H13NO2/c1-6-3-8-9(11-2)4-7(12)5-10(8)13-6/h4-6,11-12H,3H2,1-2H3. The number of hydrogen-bond acceptors (Lipinski definition) is 3. The molecule has 1 atom stereocenters. The van der Waals surface area contributed by atoms with Gasteiger partial charge in [0.1, 0.15) is 17.6 Å². The molecular weight excluding hydrogens is 166 g/mol. The Morgan fingerprint density at radius 2 is 2.31 bits per heavy atom. The molecule has 2 N–H and O–H groups in total. The largest absolute Gasteiger partial charge is 0.508 e. The smallest absolute Gasteiger partial charge is 0.128 e. The summed E-state index contributed by atoms with van der Waals surface area (Å²) in [7, 11) is 1.85. The van der Waals surface area contributed by atoms with Gasteiger partial charge >= 0.3 is 0 Å². The number of phenolic OH excluding ortho intramolecular Hbond substituents is 1. The van der Waals surface area contributed by atoms with Crippen LogP contribution in [-0.4, -0.2) is 18.3 Å². The predicted molar refractivity (Wildman–Crippen MR) is 51.4 cm³/mol. The predicted octanol–water partition coefficient (Wildman–Crippen LogP) is 1.76. The third-order valence-corrected chi connectivity index (χ3v) is 2.28. The van der Waals surface area contributed by atoms with E-state index < -0.39 is 0 Å². The molecule has 0 aliphatic carbocycles. The van der Waals surface area contributed by atoms with Gasteiger partial charge in [-0.25, -0.2) is 0 Å². The summed E-state index contributed by atoms with van der Waals surface area (Å²) in [6, 6.07) is 3.39. The van der Waals surface area contributed by atoms with Crippen molar-refractivity contribution >= 4 is 5.69 Å². The van der Waals surface area contributed by atoms with Crippen LogP contribution in [0.25, 0.3) is 0 Å². The Bertz CT molecular complexity index is 336. The van der Waals surface area contributed by atoms with Crippen LogP contribution in [0.4, 0.5) is 5.69 Å². The first-order valence-corrected chi connectivity index (χ1v) is 4.41. The van der Waals surface area contributed by atoms with Crippen LogP contribution < -0.4 is 10.1 Å². The van der Waals surface area contributed by atoms with Gasteiger partial charge in [-0.1, -0.05) is 0 Å². The van der Waals surface area contributed by atoms with Crippen LogP contribution in [-0.2, 0) is 6.42 Å². The zero-order valence-corrected chi connectivity index (χ0v) is 7.79. The fourth-order valence-corrected chi connectivity index (χ4v) is 1.72. The van der Waals surface area contributed by atoms with Crippen molar-refractivity contribution in [3.8, 4) is 11.5 Å². The number of ether oxygens (including phenoxy) is 1. The third-order valence-electron chi connectivity index (χ3n) is 2.28. The van der Waals surface area contributed by atoms with Crippen LogP contribution in [0.1, 0.15) is 12.5 Å². The molecule has 0 saturated heterocycles. The first-order valence-electron chi connectivity index (χ1n) is 4.41. The van der Waals surface area contributed by atoms with Crippen molar-refractivity contribution in [1.82, 2.24) is 0 Å². The number of benzene rings is 1. The van der Waals surface area contributed by atoms with Crippen LogP contribution in [0.5, 0.6) is 11.5 Å². The van der Waals surface area contributed by atoms with Gasteiger partial charge in [0, 0.05) is 36.9 Å². The van der Waals surface area contributed by atoms with E-state index in [1.165, 1.54) is 0 Å². The summed E-state index contributed by atoms with van der Waals surface area (Å²) in [5, 5.41) is 12.4. The van der Waals surface area contributed by atoms with Crippen LogP contribution in [0.3, 0.4) is 0 Å². The van der Waals surface area contributed by atoms with Crippen molar-refractivity contribution in [2.45, 2.75) is 19.4 Å². The molecule has 0 radical (unpaired) electrons. The van der Waals surface area contributed by atoms with E-state index in [-0.39, 0.29) is 11.9 Å². The lowest BCUT2D eigenvalue weighted by atomic mass is 10.1. The Morgan fingerprint density at radius 3 is 3.00 bits per heavy atom. The summed E-state index contributed by atoms with van der Waals surface area (Å²) >= 11 is 0. The van der Waals surface area contributed by atoms with E-state index in [9.17, 15) is 5.11 Å². The molecule has 0 amide bonds. The topological polar surface area (TPSA) is 41.5 Å².